The van der Waals surface area contributed by atoms with Crippen LogP contribution in [0, 0.1) is 0 Å². The molecule has 0 radical (unpaired) electrons. The first-order valence-corrected chi connectivity index (χ1v) is 8.51. The lowest BCUT2D eigenvalue weighted by molar-refractivity contribution is 0.0697. The van der Waals surface area contributed by atoms with Crippen LogP contribution in [0.1, 0.15) is 31.1 Å². The molecule has 4 aromatic rings. The fourth-order valence-corrected chi connectivity index (χ4v) is 3.31. The number of hydrogen-bond donors (Lipinski definition) is 2. The second-order valence-corrected chi connectivity index (χ2v) is 7.56. The van der Waals surface area contributed by atoms with Gasteiger partial charge in [-0.2, -0.15) is 5.10 Å². The van der Waals surface area contributed by atoms with Crippen molar-refractivity contribution >= 4 is 33.7 Å². The fraction of sp³-hybridized carbons (Fsp3) is 0.263. The molecule has 0 atom stereocenters. The molecule has 0 aliphatic heterocycles. The molecule has 0 fully saturated rings. The van der Waals surface area contributed by atoms with E-state index in [1.165, 1.54) is 6.33 Å². The Hall–Kier alpha value is -3.42. The van der Waals surface area contributed by atoms with E-state index < -0.39 is 5.97 Å². The lowest BCUT2D eigenvalue weighted by Gasteiger charge is -2.19. The predicted octanol–water partition coefficient (Wildman–Crippen LogP) is 3.02. The minimum Gasteiger partial charge on any atom is -0.478 e. The van der Waals surface area contributed by atoms with Gasteiger partial charge in [-0.1, -0.05) is 6.07 Å². The summed E-state index contributed by atoms with van der Waals surface area (Å²) >= 11 is 0. The number of carbonyl (C=O) groups is 1. The highest BCUT2D eigenvalue weighted by Gasteiger charge is 2.25. The van der Waals surface area contributed by atoms with E-state index in [-0.39, 0.29) is 11.1 Å². The third-order valence-electron chi connectivity index (χ3n) is 4.66. The first kappa shape index (κ1) is 17.0. The molecule has 0 unspecified atom stereocenters. The van der Waals surface area contributed by atoms with Crippen LogP contribution in [0.4, 0.5) is 5.82 Å². The van der Waals surface area contributed by atoms with Gasteiger partial charge in [0.15, 0.2) is 5.65 Å². The number of nitrogen functional groups attached to an aromatic ring is 1. The van der Waals surface area contributed by atoms with Gasteiger partial charge in [0, 0.05) is 18.0 Å². The number of aryl methyl sites for hydroxylation is 1. The van der Waals surface area contributed by atoms with E-state index in [1.54, 1.807) is 18.2 Å². The summed E-state index contributed by atoms with van der Waals surface area (Å²) in [4.78, 5) is 19.8. The van der Waals surface area contributed by atoms with Crippen LogP contribution in [0.2, 0.25) is 0 Å². The van der Waals surface area contributed by atoms with Gasteiger partial charge in [-0.25, -0.2) is 19.4 Å². The van der Waals surface area contributed by atoms with Crippen molar-refractivity contribution in [2.45, 2.75) is 26.3 Å². The molecular weight excluding hydrogens is 344 g/mol. The Bertz CT molecular complexity index is 1210. The van der Waals surface area contributed by atoms with Crippen molar-refractivity contribution in [1.82, 2.24) is 24.3 Å². The number of rotatable bonds is 2. The van der Waals surface area contributed by atoms with Crippen LogP contribution in [0.15, 0.2) is 30.6 Å². The molecule has 0 bridgehead atoms. The largest absolute Gasteiger partial charge is 0.478 e. The lowest BCUT2D eigenvalue weighted by atomic mass is 10.1. The highest BCUT2D eigenvalue weighted by Crippen LogP contribution is 2.35. The van der Waals surface area contributed by atoms with Crippen molar-refractivity contribution in [3.05, 3.63) is 36.2 Å². The van der Waals surface area contributed by atoms with Crippen LogP contribution in [0.3, 0.4) is 0 Å². The Morgan fingerprint density at radius 2 is 1.93 bits per heavy atom. The smallest absolute Gasteiger partial charge is 0.335 e. The molecule has 3 aromatic heterocycles. The maximum absolute atomic E-state index is 11.3. The molecule has 1 aromatic carbocycles. The molecule has 138 valence electrons. The summed E-state index contributed by atoms with van der Waals surface area (Å²) in [5, 5.41) is 15.7. The summed E-state index contributed by atoms with van der Waals surface area (Å²) in [5.41, 5.74) is 9.08. The quantitative estimate of drug-likeness (QED) is 0.565. The van der Waals surface area contributed by atoms with E-state index in [9.17, 15) is 9.90 Å². The Morgan fingerprint density at radius 3 is 2.59 bits per heavy atom. The summed E-state index contributed by atoms with van der Waals surface area (Å²) < 4.78 is 3.76. The second kappa shape index (κ2) is 5.54. The average Bonchev–Trinajstić information content (AvgIpc) is 3.13. The Balaban J connectivity index is 2.06. The molecule has 0 saturated heterocycles. The number of carboxylic acids is 1. The lowest BCUT2D eigenvalue weighted by Crippen LogP contribution is -2.23. The summed E-state index contributed by atoms with van der Waals surface area (Å²) in [6, 6.07) is 7.02. The standard InChI is InChI=1S/C19H20N6O2/c1-19(2,3)25-17-14(16(20)21-9-22-17)15(23-25)13-7-10-5-6-11(18(26)27)8-12(10)24(13)4/h5-9H,1-4H3,(H,26,27)(H2,20,21,22). The van der Waals surface area contributed by atoms with Crippen molar-refractivity contribution in [2.24, 2.45) is 7.05 Å². The van der Waals surface area contributed by atoms with Gasteiger partial charge in [0.2, 0.25) is 0 Å². The molecule has 0 saturated carbocycles. The number of benzene rings is 1. The van der Waals surface area contributed by atoms with Crippen molar-refractivity contribution < 1.29 is 9.90 Å². The summed E-state index contributed by atoms with van der Waals surface area (Å²) in [6.45, 7) is 6.13. The molecule has 0 aliphatic rings. The Morgan fingerprint density at radius 1 is 1.19 bits per heavy atom. The maximum Gasteiger partial charge on any atom is 0.335 e. The Labute approximate surface area is 155 Å². The van der Waals surface area contributed by atoms with Gasteiger partial charge in [0.05, 0.1) is 22.2 Å². The van der Waals surface area contributed by atoms with Gasteiger partial charge < -0.3 is 15.4 Å². The second-order valence-electron chi connectivity index (χ2n) is 7.56. The SMILES string of the molecule is Cn1c(-c2nn(C(C)(C)C)c3ncnc(N)c23)cc2ccc(C(=O)O)cc21. The van der Waals surface area contributed by atoms with Crippen molar-refractivity contribution in [1.29, 1.82) is 0 Å². The molecule has 4 rings (SSSR count). The van der Waals surface area contributed by atoms with Crippen LogP contribution >= 0.6 is 0 Å². The van der Waals surface area contributed by atoms with E-state index >= 15 is 0 Å². The van der Waals surface area contributed by atoms with Crippen molar-refractivity contribution in [2.75, 3.05) is 5.73 Å². The monoisotopic (exact) mass is 364 g/mol. The molecule has 3 N–H and O–H groups in total. The topological polar surface area (TPSA) is 112 Å². The minimum atomic E-state index is -0.959. The summed E-state index contributed by atoms with van der Waals surface area (Å²) in [7, 11) is 1.88. The van der Waals surface area contributed by atoms with Gasteiger partial charge in [0.1, 0.15) is 17.8 Å². The van der Waals surface area contributed by atoms with Gasteiger partial charge in [-0.3, -0.25) is 0 Å². The van der Waals surface area contributed by atoms with Crippen LogP contribution < -0.4 is 5.73 Å². The number of nitrogens with two attached hydrogens (primary N) is 1. The molecule has 0 amide bonds. The van der Waals surface area contributed by atoms with Crippen molar-refractivity contribution in [3.8, 4) is 11.4 Å². The normalized spacial score (nSPS) is 12.1. The zero-order valence-electron chi connectivity index (χ0n) is 15.6. The fourth-order valence-electron chi connectivity index (χ4n) is 3.31. The Kier molecular flexibility index (Phi) is 3.49. The highest BCUT2D eigenvalue weighted by atomic mass is 16.4. The highest BCUT2D eigenvalue weighted by molar-refractivity contribution is 6.01. The molecule has 0 spiro atoms. The number of carboxylic acid groups (broad SMARTS) is 1. The van der Waals surface area contributed by atoms with Crippen LogP contribution in [0.5, 0.6) is 0 Å². The summed E-state index contributed by atoms with van der Waals surface area (Å²) in [6.07, 6.45) is 1.44. The van der Waals surface area contributed by atoms with Crippen molar-refractivity contribution in [3.63, 3.8) is 0 Å². The number of anilines is 1. The third-order valence-corrected chi connectivity index (χ3v) is 4.66. The number of hydrogen-bond acceptors (Lipinski definition) is 5. The molecule has 0 aliphatic carbocycles. The van der Waals surface area contributed by atoms with Crippen LogP contribution in [-0.2, 0) is 12.6 Å². The third kappa shape index (κ3) is 2.52. The number of fused-ring (bicyclic) bond motifs is 2. The van der Waals surface area contributed by atoms with E-state index in [0.29, 0.717) is 22.5 Å². The maximum atomic E-state index is 11.3. The predicted molar refractivity (Wildman–Crippen MR) is 104 cm³/mol. The molecular formula is C19H20N6O2. The molecule has 8 nitrogen and oxygen atoms in total. The number of nitrogens with zero attached hydrogens (tertiary/aromatic N) is 5. The van der Waals surface area contributed by atoms with E-state index in [4.69, 9.17) is 10.8 Å². The van der Waals surface area contributed by atoms with Gasteiger partial charge in [-0.15, -0.1) is 0 Å². The first-order valence-electron chi connectivity index (χ1n) is 8.51. The van der Waals surface area contributed by atoms with E-state index in [2.05, 4.69) is 9.97 Å². The zero-order valence-corrected chi connectivity index (χ0v) is 15.6. The number of aromatic carboxylic acids is 1. The average molecular weight is 364 g/mol. The van der Waals surface area contributed by atoms with Crippen LogP contribution in [-0.4, -0.2) is 35.4 Å². The number of aromatic nitrogens is 5. The molecule has 8 heteroatoms. The van der Waals surface area contributed by atoms with Gasteiger partial charge in [0.25, 0.3) is 0 Å². The molecule has 3 heterocycles. The zero-order chi connectivity index (χ0) is 19.5. The van der Waals surface area contributed by atoms with Gasteiger partial charge >= 0.3 is 5.97 Å². The van der Waals surface area contributed by atoms with Crippen LogP contribution in [0.25, 0.3) is 33.3 Å². The van der Waals surface area contributed by atoms with E-state index in [1.807, 2.05) is 43.1 Å². The van der Waals surface area contributed by atoms with E-state index in [0.717, 1.165) is 16.6 Å². The first-order chi connectivity index (χ1) is 12.7. The van der Waals surface area contributed by atoms with Gasteiger partial charge in [-0.05, 0) is 39.0 Å². The summed E-state index contributed by atoms with van der Waals surface area (Å²) in [5.74, 6) is -0.596. The molecule has 27 heavy (non-hydrogen) atoms. The minimum absolute atomic E-state index is 0.239.